The number of amides is 4. The first kappa shape index (κ1) is 13.3. The summed E-state index contributed by atoms with van der Waals surface area (Å²) in [5.74, 6) is -2.21. The van der Waals surface area contributed by atoms with Crippen LogP contribution in [0.25, 0.3) is 0 Å². The highest BCUT2D eigenvalue weighted by Crippen LogP contribution is 2.17. The largest absolute Gasteiger partial charge is 0.481 e. The van der Waals surface area contributed by atoms with Crippen LogP contribution in [0.15, 0.2) is 0 Å². The summed E-state index contributed by atoms with van der Waals surface area (Å²) in [4.78, 5) is 47.7. The number of piperidine rings is 1. The van der Waals surface area contributed by atoms with Crippen LogP contribution < -0.4 is 5.32 Å². The van der Waals surface area contributed by atoms with Crippen LogP contribution in [-0.2, 0) is 14.4 Å². The molecule has 0 aromatic rings. The molecular formula is C11H15N3O5. The number of urea groups is 1. The quantitative estimate of drug-likeness (QED) is 0.630. The zero-order valence-corrected chi connectivity index (χ0v) is 10.3. The Kier molecular flexibility index (Phi) is 3.68. The number of likely N-dealkylation sites (tertiary alicyclic amines) is 1. The highest BCUT2D eigenvalue weighted by molar-refractivity contribution is 6.03. The molecule has 19 heavy (non-hydrogen) atoms. The Balaban J connectivity index is 1.91. The zero-order valence-electron chi connectivity index (χ0n) is 10.3. The molecule has 8 nitrogen and oxygen atoms in total. The summed E-state index contributed by atoms with van der Waals surface area (Å²) in [7, 11) is 0. The maximum atomic E-state index is 12.0. The maximum absolute atomic E-state index is 12.0. The second-order valence-electron chi connectivity index (χ2n) is 4.73. The Morgan fingerprint density at radius 3 is 2.68 bits per heavy atom. The van der Waals surface area contributed by atoms with E-state index in [1.807, 2.05) is 0 Å². The van der Waals surface area contributed by atoms with Crippen molar-refractivity contribution in [3.8, 4) is 0 Å². The van der Waals surface area contributed by atoms with Gasteiger partial charge in [-0.05, 0) is 12.8 Å². The number of aliphatic carboxylic acids is 1. The number of carboxylic acid groups (broad SMARTS) is 1. The number of carbonyl (C=O) groups is 4. The summed E-state index contributed by atoms with van der Waals surface area (Å²) in [6.07, 6.45) is 1.19. The molecule has 0 radical (unpaired) electrons. The molecule has 0 bridgehead atoms. The molecular weight excluding hydrogens is 254 g/mol. The smallest absolute Gasteiger partial charge is 0.325 e. The van der Waals surface area contributed by atoms with E-state index in [0.717, 1.165) is 4.90 Å². The van der Waals surface area contributed by atoms with E-state index in [1.54, 1.807) is 0 Å². The molecule has 0 aromatic carbocycles. The lowest BCUT2D eigenvalue weighted by Crippen LogP contribution is -2.47. The molecule has 2 aliphatic rings. The molecule has 104 valence electrons. The number of carbonyl (C=O) groups excluding carboxylic acids is 3. The summed E-state index contributed by atoms with van der Waals surface area (Å²) in [6.45, 7) is 0.342. The number of imide groups is 1. The van der Waals surface area contributed by atoms with Crippen LogP contribution in [0.5, 0.6) is 0 Å². The molecule has 0 saturated carbocycles. The highest BCUT2D eigenvalue weighted by Gasteiger charge is 2.32. The number of hydrogen-bond donors (Lipinski definition) is 2. The van der Waals surface area contributed by atoms with Crippen molar-refractivity contribution in [1.82, 2.24) is 15.1 Å². The van der Waals surface area contributed by atoms with Gasteiger partial charge in [-0.15, -0.1) is 0 Å². The molecule has 0 aromatic heterocycles. The predicted molar refractivity (Wildman–Crippen MR) is 62.1 cm³/mol. The van der Waals surface area contributed by atoms with E-state index >= 15 is 0 Å². The third-order valence-electron chi connectivity index (χ3n) is 3.32. The van der Waals surface area contributed by atoms with Crippen LogP contribution in [0.3, 0.4) is 0 Å². The van der Waals surface area contributed by atoms with E-state index < -0.39 is 23.8 Å². The van der Waals surface area contributed by atoms with Crippen molar-refractivity contribution >= 4 is 23.8 Å². The topological polar surface area (TPSA) is 107 Å². The number of rotatable bonds is 3. The average molecular weight is 269 g/mol. The normalized spacial score (nSPS) is 23.5. The molecule has 4 amide bonds. The fourth-order valence-electron chi connectivity index (χ4n) is 2.28. The Morgan fingerprint density at radius 2 is 2.11 bits per heavy atom. The van der Waals surface area contributed by atoms with Gasteiger partial charge in [-0.1, -0.05) is 0 Å². The van der Waals surface area contributed by atoms with Crippen molar-refractivity contribution in [2.45, 2.75) is 12.8 Å². The standard InChI is InChI=1S/C11H15N3O5/c15-8-5-14(11(19)12-8)6-9(16)13-3-1-2-7(4-13)10(17)18/h7H,1-6H2,(H,17,18)(H,12,15,19). The average Bonchev–Trinajstić information content (AvgIpc) is 2.68. The van der Waals surface area contributed by atoms with E-state index in [0.29, 0.717) is 19.4 Å². The molecule has 2 heterocycles. The van der Waals surface area contributed by atoms with Crippen molar-refractivity contribution in [1.29, 1.82) is 0 Å². The molecule has 1 unspecified atom stereocenters. The van der Waals surface area contributed by atoms with Gasteiger partial charge in [0.25, 0.3) is 0 Å². The van der Waals surface area contributed by atoms with Crippen LogP contribution >= 0.6 is 0 Å². The predicted octanol–water partition coefficient (Wildman–Crippen LogP) is -1.14. The molecule has 2 N–H and O–H groups in total. The van der Waals surface area contributed by atoms with Crippen molar-refractivity contribution in [2.75, 3.05) is 26.2 Å². The van der Waals surface area contributed by atoms with Crippen molar-refractivity contribution < 1.29 is 24.3 Å². The van der Waals surface area contributed by atoms with Crippen molar-refractivity contribution in [3.05, 3.63) is 0 Å². The van der Waals surface area contributed by atoms with E-state index in [2.05, 4.69) is 5.32 Å². The second-order valence-corrected chi connectivity index (χ2v) is 4.73. The monoisotopic (exact) mass is 269 g/mol. The SMILES string of the molecule is O=C1CN(CC(=O)N2CCCC(C(=O)O)C2)C(=O)N1. The first-order valence-corrected chi connectivity index (χ1v) is 6.06. The van der Waals surface area contributed by atoms with Gasteiger partial charge in [0.1, 0.15) is 13.1 Å². The van der Waals surface area contributed by atoms with E-state index in [-0.39, 0.29) is 25.5 Å². The molecule has 2 fully saturated rings. The summed E-state index contributed by atoms with van der Waals surface area (Å²) < 4.78 is 0. The van der Waals surface area contributed by atoms with Gasteiger partial charge in [0.15, 0.2) is 0 Å². The maximum Gasteiger partial charge on any atom is 0.325 e. The van der Waals surface area contributed by atoms with E-state index in [4.69, 9.17) is 5.11 Å². The van der Waals surface area contributed by atoms with Gasteiger partial charge in [-0.25, -0.2) is 4.79 Å². The molecule has 2 rings (SSSR count). The Labute approximate surface area is 109 Å². The summed E-state index contributed by atoms with van der Waals surface area (Å²) >= 11 is 0. The molecule has 2 saturated heterocycles. The van der Waals surface area contributed by atoms with Crippen LogP contribution in [0.4, 0.5) is 4.79 Å². The highest BCUT2D eigenvalue weighted by atomic mass is 16.4. The summed E-state index contributed by atoms with van der Waals surface area (Å²) in [5.41, 5.74) is 0. The van der Waals surface area contributed by atoms with Crippen LogP contribution in [0.2, 0.25) is 0 Å². The molecule has 2 aliphatic heterocycles. The Hall–Kier alpha value is -2.12. The van der Waals surface area contributed by atoms with Gasteiger partial charge in [0.05, 0.1) is 5.92 Å². The van der Waals surface area contributed by atoms with Gasteiger partial charge in [0.2, 0.25) is 11.8 Å². The Morgan fingerprint density at radius 1 is 1.37 bits per heavy atom. The molecule has 8 heteroatoms. The number of nitrogens with zero attached hydrogens (tertiary/aromatic N) is 2. The van der Waals surface area contributed by atoms with Crippen LogP contribution in [0, 0.1) is 5.92 Å². The summed E-state index contributed by atoms with van der Waals surface area (Å²) in [5, 5.41) is 11.0. The number of hydrogen-bond acceptors (Lipinski definition) is 4. The van der Waals surface area contributed by atoms with Gasteiger partial charge in [0, 0.05) is 13.1 Å². The van der Waals surface area contributed by atoms with E-state index in [1.165, 1.54) is 4.90 Å². The van der Waals surface area contributed by atoms with Gasteiger partial charge >= 0.3 is 12.0 Å². The minimum atomic E-state index is -0.911. The minimum absolute atomic E-state index is 0.124. The van der Waals surface area contributed by atoms with Gasteiger partial charge < -0.3 is 14.9 Å². The molecule has 0 spiro atoms. The van der Waals surface area contributed by atoms with Crippen molar-refractivity contribution in [2.24, 2.45) is 5.92 Å². The third-order valence-corrected chi connectivity index (χ3v) is 3.32. The minimum Gasteiger partial charge on any atom is -0.481 e. The van der Waals surface area contributed by atoms with Crippen LogP contribution in [0.1, 0.15) is 12.8 Å². The fraction of sp³-hybridized carbons (Fsp3) is 0.636. The van der Waals surface area contributed by atoms with E-state index in [9.17, 15) is 19.2 Å². The lowest BCUT2D eigenvalue weighted by molar-refractivity contribution is -0.145. The van der Waals surface area contributed by atoms with Crippen LogP contribution in [-0.4, -0.2) is 64.9 Å². The first-order chi connectivity index (χ1) is 8.97. The molecule has 1 atom stereocenters. The zero-order chi connectivity index (χ0) is 14.0. The fourth-order valence-corrected chi connectivity index (χ4v) is 2.28. The number of nitrogens with one attached hydrogen (secondary N) is 1. The van der Waals surface area contributed by atoms with Gasteiger partial charge in [-0.2, -0.15) is 0 Å². The lowest BCUT2D eigenvalue weighted by atomic mass is 9.98. The number of carboxylic acids is 1. The molecule has 0 aliphatic carbocycles. The van der Waals surface area contributed by atoms with Gasteiger partial charge in [-0.3, -0.25) is 19.7 Å². The third kappa shape index (κ3) is 3.01. The lowest BCUT2D eigenvalue weighted by Gasteiger charge is -2.31. The summed E-state index contributed by atoms with van der Waals surface area (Å²) in [6, 6.07) is -0.579. The first-order valence-electron chi connectivity index (χ1n) is 6.06. The Bertz CT molecular complexity index is 436. The second kappa shape index (κ2) is 5.25. The van der Waals surface area contributed by atoms with Crippen molar-refractivity contribution in [3.63, 3.8) is 0 Å².